The number of nitrogens with one attached hydrogen (secondary N) is 1. The van der Waals surface area contributed by atoms with Crippen molar-refractivity contribution < 1.29 is 23.5 Å². The number of primary amides is 2. The second-order valence-corrected chi connectivity index (χ2v) is 5.13. The van der Waals surface area contributed by atoms with Crippen LogP contribution in [0.15, 0.2) is 42.5 Å². The molecule has 0 aromatic heterocycles. The molecule has 0 radical (unpaired) electrons. The maximum atomic E-state index is 14.3. The molecule has 0 saturated heterocycles. The van der Waals surface area contributed by atoms with Crippen molar-refractivity contribution in [3.05, 3.63) is 53.8 Å². The van der Waals surface area contributed by atoms with Gasteiger partial charge >= 0.3 is 0 Å². The van der Waals surface area contributed by atoms with Gasteiger partial charge in [-0.15, -0.1) is 0 Å². The molecule has 8 heteroatoms. The van der Waals surface area contributed by atoms with E-state index in [1.54, 1.807) is 24.3 Å². The highest BCUT2D eigenvalue weighted by Gasteiger charge is 2.25. The number of hydrogen-bond acceptors (Lipinski definition) is 4. The molecule has 5 N–H and O–H groups in total. The number of amides is 3. The fraction of sp³-hybridized carbons (Fsp3) is 0.118. The van der Waals surface area contributed by atoms with Gasteiger partial charge in [0, 0.05) is 0 Å². The minimum Gasteiger partial charge on any atom is -0.497 e. The Morgan fingerprint density at radius 1 is 1.00 bits per heavy atom. The number of halogens is 1. The van der Waals surface area contributed by atoms with E-state index in [0.29, 0.717) is 11.3 Å². The molecule has 0 spiro atoms. The van der Waals surface area contributed by atoms with Crippen molar-refractivity contribution in [3.63, 3.8) is 0 Å². The highest BCUT2D eigenvalue weighted by Crippen LogP contribution is 2.24. The molecule has 2 rings (SSSR count). The van der Waals surface area contributed by atoms with Crippen LogP contribution < -0.4 is 21.5 Å². The van der Waals surface area contributed by atoms with E-state index in [1.807, 2.05) is 5.32 Å². The van der Waals surface area contributed by atoms with Crippen molar-refractivity contribution in [2.24, 2.45) is 11.5 Å². The Bertz CT molecular complexity index is 807. The zero-order valence-electron chi connectivity index (χ0n) is 13.3. The number of ether oxygens (including phenoxy) is 1. The van der Waals surface area contributed by atoms with Crippen LogP contribution in [0, 0.1) is 5.82 Å². The first-order valence-corrected chi connectivity index (χ1v) is 7.17. The Morgan fingerprint density at radius 3 is 2.04 bits per heavy atom. The van der Waals surface area contributed by atoms with Crippen molar-refractivity contribution in [2.45, 2.75) is 6.04 Å². The first-order chi connectivity index (χ1) is 11.8. The Morgan fingerprint density at radius 2 is 1.56 bits per heavy atom. The summed E-state index contributed by atoms with van der Waals surface area (Å²) in [4.78, 5) is 34.2. The Kier molecular flexibility index (Phi) is 5.33. The molecule has 0 aliphatic rings. The number of hydrogen-bond donors (Lipinski definition) is 3. The molecule has 0 heterocycles. The second kappa shape index (κ2) is 7.43. The summed E-state index contributed by atoms with van der Waals surface area (Å²) in [7, 11) is 1.54. The predicted octanol–water partition coefficient (Wildman–Crippen LogP) is 0.570. The summed E-state index contributed by atoms with van der Waals surface area (Å²) >= 11 is 0. The van der Waals surface area contributed by atoms with E-state index >= 15 is 0 Å². The molecule has 0 aliphatic carbocycles. The lowest BCUT2D eigenvalue weighted by molar-refractivity contribution is -0.128. The summed E-state index contributed by atoms with van der Waals surface area (Å²) in [6, 6.07) is 9.14. The number of carbonyl (C=O) groups is 3. The van der Waals surface area contributed by atoms with Gasteiger partial charge in [-0.2, -0.15) is 0 Å². The first kappa shape index (κ1) is 17.9. The van der Waals surface area contributed by atoms with E-state index in [0.717, 1.165) is 5.56 Å². The van der Waals surface area contributed by atoms with E-state index < -0.39 is 29.6 Å². The van der Waals surface area contributed by atoms with Gasteiger partial charge in [0.25, 0.3) is 5.91 Å². The lowest BCUT2D eigenvalue weighted by atomic mass is 10.0. The van der Waals surface area contributed by atoms with Crippen LogP contribution in [0.25, 0.3) is 11.1 Å². The van der Waals surface area contributed by atoms with Crippen LogP contribution in [0.3, 0.4) is 0 Å². The maximum absolute atomic E-state index is 14.3. The van der Waals surface area contributed by atoms with Crippen molar-refractivity contribution in [3.8, 4) is 16.9 Å². The number of benzene rings is 2. The quantitative estimate of drug-likeness (QED) is 0.662. The second-order valence-electron chi connectivity index (χ2n) is 5.13. The summed E-state index contributed by atoms with van der Waals surface area (Å²) < 4.78 is 19.3. The summed E-state index contributed by atoms with van der Waals surface area (Å²) in [6.45, 7) is 0. The van der Waals surface area contributed by atoms with Crippen LogP contribution in [0.2, 0.25) is 0 Å². The molecule has 0 fully saturated rings. The van der Waals surface area contributed by atoms with Crippen molar-refractivity contribution >= 4 is 17.7 Å². The molecule has 0 bridgehead atoms. The number of nitrogens with two attached hydrogens (primary N) is 2. The van der Waals surface area contributed by atoms with Crippen molar-refractivity contribution in [1.29, 1.82) is 0 Å². The van der Waals surface area contributed by atoms with Gasteiger partial charge in [-0.1, -0.05) is 18.2 Å². The minimum absolute atomic E-state index is 0.343. The molecule has 7 nitrogen and oxygen atoms in total. The SMILES string of the molecule is COc1ccc(-c2ccc(C(=O)NC(C(N)=O)C(N)=O)c(F)c2)cc1. The molecule has 2 aromatic carbocycles. The number of rotatable bonds is 6. The summed E-state index contributed by atoms with van der Waals surface area (Å²) in [5.41, 5.74) is 10.9. The third kappa shape index (κ3) is 4.11. The highest BCUT2D eigenvalue weighted by molar-refractivity contribution is 6.08. The average Bonchev–Trinajstić information content (AvgIpc) is 2.58. The van der Waals surface area contributed by atoms with Crippen LogP contribution in [-0.2, 0) is 9.59 Å². The smallest absolute Gasteiger partial charge is 0.255 e. The first-order valence-electron chi connectivity index (χ1n) is 7.17. The number of carbonyl (C=O) groups excluding carboxylic acids is 3. The lowest BCUT2D eigenvalue weighted by Gasteiger charge is -2.13. The largest absolute Gasteiger partial charge is 0.497 e. The third-order valence-corrected chi connectivity index (χ3v) is 3.48. The van der Waals surface area contributed by atoms with Gasteiger partial charge in [0.15, 0.2) is 6.04 Å². The van der Waals surface area contributed by atoms with Crippen LogP contribution >= 0.6 is 0 Å². The van der Waals surface area contributed by atoms with Crippen LogP contribution in [0.5, 0.6) is 5.75 Å². The monoisotopic (exact) mass is 345 g/mol. The van der Waals surface area contributed by atoms with Crippen molar-refractivity contribution in [1.82, 2.24) is 5.32 Å². The van der Waals surface area contributed by atoms with Crippen LogP contribution in [0.4, 0.5) is 4.39 Å². The van der Waals surface area contributed by atoms with Gasteiger partial charge in [0.2, 0.25) is 11.8 Å². The molecule has 2 aromatic rings. The van der Waals surface area contributed by atoms with Gasteiger partial charge < -0.3 is 21.5 Å². The van der Waals surface area contributed by atoms with E-state index in [4.69, 9.17) is 16.2 Å². The van der Waals surface area contributed by atoms with Gasteiger partial charge in [0.05, 0.1) is 12.7 Å². The maximum Gasteiger partial charge on any atom is 0.255 e. The van der Waals surface area contributed by atoms with Gasteiger partial charge in [0.1, 0.15) is 11.6 Å². The molecule has 0 aliphatic heterocycles. The molecule has 0 atom stereocenters. The Balaban J connectivity index is 2.24. The molecular weight excluding hydrogens is 329 g/mol. The molecule has 3 amide bonds. The van der Waals surface area contributed by atoms with Crippen molar-refractivity contribution in [2.75, 3.05) is 7.11 Å². The topological polar surface area (TPSA) is 125 Å². The Hall–Kier alpha value is -3.42. The van der Waals surface area contributed by atoms with E-state index in [1.165, 1.54) is 25.3 Å². The summed E-state index contributed by atoms with van der Waals surface area (Å²) in [6.07, 6.45) is 0. The number of methoxy groups -OCH3 is 1. The van der Waals surface area contributed by atoms with Crippen LogP contribution in [-0.4, -0.2) is 30.9 Å². The molecular formula is C17H16FN3O4. The molecule has 130 valence electrons. The van der Waals surface area contributed by atoms with E-state index in [2.05, 4.69) is 0 Å². The fourth-order valence-electron chi connectivity index (χ4n) is 2.15. The minimum atomic E-state index is -1.71. The average molecular weight is 345 g/mol. The van der Waals surface area contributed by atoms with Crippen LogP contribution in [0.1, 0.15) is 10.4 Å². The molecule has 0 unspecified atom stereocenters. The van der Waals surface area contributed by atoms with E-state index in [9.17, 15) is 18.8 Å². The molecule has 0 saturated carbocycles. The highest BCUT2D eigenvalue weighted by atomic mass is 19.1. The summed E-state index contributed by atoms with van der Waals surface area (Å²) in [5, 5.41) is 2.00. The Labute approximate surface area is 142 Å². The van der Waals surface area contributed by atoms with Gasteiger partial charge in [-0.05, 0) is 35.4 Å². The van der Waals surface area contributed by atoms with Gasteiger partial charge in [-0.3, -0.25) is 14.4 Å². The third-order valence-electron chi connectivity index (χ3n) is 3.48. The van der Waals surface area contributed by atoms with E-state index in [-0.39, 0.29) is 5.56 Å². The fourth-order valence-corrected chi connectivity index (χ4v) is 2.15. The zero-order chi connectivity index (χ0) is 18.6. The lowest BCUT2D eigenvalue weighted by Crippen LogP contribution is -2.52. The standard InChI is InChI=1S/C17H16FN3O4/c1-25-11-5-2-9(3-6-11)10-4-7-12(13(18)8-10)17(24)21-14(15(19)22)16(20)23/h2-8,14H,1H3,(H2,19,22)(H2,20,23)(H,21,24). The van der Waals surface area contributed by atoms with Gasteiger partial charge in [-0.25, -0.2) is 4.39 Å². The molecule has 25 heavy (non-hydrogen) atoms. The normalized spacial score (nSPS) is 10.4. The predicted molar refractivity (Wildman–Crippen MR) is 88.0 cm³/mol. The summed E-state index contributed by atoms with van der Waals surface area (Å²) in [5.74, 6) is -3.39. The zero-order valence-corrected chi connectivity index (χ0v) is 13.3.